The first kappa shape index (κ1) is 14.0. The van der Waals surface area contributed by atoms with Gasteiger partial charge in [-0.15, -0.1) is 0 Å². The molecule has 20 heavy (non-hydrogen) atoms. The summed E-state index contributed by atoms with van der Waals surface area (Å²) in [5.41, 5.74) is 2.34. The van der Waals surface area contributed by atoms with Gasteiger partial charge in [0, 0.05) is 25.0 Å². The molecule has 102 valence electrons. The smallest absolute Gasteiger partial charge is 0.174 e. The third-order valence-corrected chi connectivity index (χ3v) is 3.02. The summed E-state index contributed by atoms with van der Waals surface area (Å²) < 4.78 is 5.22. The summed E-state index contributed by atoms with van der Waals surface area (Å²) in [6.07, 6.45) is 3.65. The first-order valence-electron chi connectivity index (χ1n) is 6.51. The predicted molar refractivity (Wildman–Crippen MR) is 77.0 cm³/mol. The van der Waals surface area contributed by atoms with Crippen LogP contribution in [-0.4, -0.2) is 11.6 Å². The van der Waals surface area contributed by atoms with Gasteiger partial charge < -0.3 is 10.1 Å². The molecule has 1 aromatic carbocycles. The van der Waals surface area contributed by atoms with Gasteiger partial charge in [-0.25, -0.2) is 0 Å². The van der Waals surface area contributed by atoms with Gasteiger partial charge in [-0.05, 0) is 36.2 Å². The van der Waals surface area contributed by atoms with Crippen LogP contribution in [0.1, 0.15) is 24.1 Å². The summed E-state index contributed by atoms with van der Waals surface area (Å²) in [6.45, 7) is 2.96. The first-order valence-corrected chi connectivity index (χ1v) is 6.51. The Hall–Kier alpha value is -2.38. The van der Waals surface area contributed by atoms with Gasteiger partial charge in [-0.3, -0.25) is 4.98 Å². The van der Waals surface area contributed by atoms with Gasteiger partial charge in [0.05, 0.1) is 0 Å². The largest absolute Gasteiger partial charge is 0.479 e. The van der Waals surface area contributed by atoms with Crippen molar-refractivity contribution in [2.24, 2.45) is 0 Å². The lowest BCUT2D eigenvalue weighted by molar-refractivity contribution is 0.368. The van der Waals surface area contributed by atoms with Crippen LogP contribution >= 0.6 is 0 Å². The molecule has 0 fully saturated rings. The lowest BCUT2D eigenvalue weighted by atomic mass is 10.1. The van der Waals surface area contributed by atoms with E-state index in [1.54, 1.807) is 6.20 Å². The fourth-order valence-corrected chi connectivity index (χ4v) is 1.84. The van der Waals surface area contributed by atoms with E-state index >= 15 is 0 Å². The quantitative estimate of drug-likeness (QED) is 0.874. The van der Waals surface area contributed by atoms with E-state index in [2.05, 4.69) is 23.3 Å². The molecule has 1 N–H and O–H groups in total. The Morgan fingerprint density at radius 3 is 2.75 bits per heavy atom. The summed E-state index contributed by atoms with van der Waals surface area (Å²) in [6, 6.07) is 13.9. The molecule has 1 heterocycles. The number of benzene rings is 1. The van der Waals surface area contributed by atoms with Crippen molar-refractivity contribution >= 4 is 0 Å². The number of nitrogens with zero attached hydrogens (tertiary/aromatic N) is 2. The molecule has 4 heteroatoms. The van der Waals surface area contributed by atoms with Crippen molar-refractivity contribution in [3.05, 3.63) is 59.9 Å². The average Bonchev–Trinajstić information content (AvgIpc) is 2.52. The molecule has 0 saturated carbocycles. The summed E-state index contributed by atoms with van der Waals surface area (Å²) in [4.78, 5) is 4.12. The molecule has 0 aliphatic heterocycles. The molecule has 2 aromatic rings. The zero-order valence-corrected chi connectivity index (χ0v) is 11.4. The van der Waals surface area contributed by atoms with E-state index in [0.717, 1.165) is 12.3 Å². The third-order valence-electron chi connectivity index (χ3n) is 3.02. The molecule has 2 rings (SSSR count). The van der Waals surface area contributed by atoms with Crippen LogP contribution in [0.3, 0.4) is 0 Å². The van der Waals surface area contributed by atoms with Crippen molar-refractivity contribution < 1.29 is 4.74 Å². The Morgan fingerprint density at radius 2 is 2.10 bits per heavy atom. The molecule has 0 aliphatic rings. The highest BCUT2D eigenvalue weighted by molar-refractivity contribution is 5.27. The number of aromatic nitrogens is 1. The number of pyridine rings is 1. The van der Waals surface area contributed by atoms with E-state index in [0.29, 0.717) is 0 Å². The minimum absolute atomic E-state index is 0.0790. The van der Waals surface area contributed by atoms with Gasteiger partial charge in [-0.2, -0.15) is 5.26 Å². The van der Waals surface area contributed by atoms with Crippen molar-refractivity contribution in [2.45, 2.75) is 19.5 Å². The van der Waals surface area contributed by atoms with Crippen LogP contribution in [0.15, 0.2) is 48.8 Å². The predicted octanol–water partition coefficient (Wildman–Crippen LogP) is 2.83. The Kier molecular flexibility index (Phi) is 5.10. The number of nitrogens with one attached hydrogen (secondary N) is 1. The number of rotatable bonds is 6. The highest BCUT2D eigenvalue weighted by Crippen LogP contribution is 2.14. The minimum atomic E-state index is 0.0790. The van der Waals surface area contributed by atoms with Crippen molar-refractivity contribution in [2.75, 3.05) is 6.61 Å². The van der Waals surface area contributed by atoms with Gasteiger partial charge in [0.2, 0.25) is 0 Å². The summed E-state index contributed by atoms with van der Waals surface area (Å²) >= 11 is 0. The highest BCUT2D eigenvalue weighted by atomic mass is 16.5. The first-order chi connectivity index (χ1) is 9.79. The molecule has 0 saturated heterocycles. The highest BCUT2D eigenvalue weighted by Gasteiger charge is 2.04. The molecular formula is C16H17N3O. The maximum absolute atomic E-state index is 8.45. The van der Waals surface area contributed by atoms with Gasteiger partial charge >= 0.3 is 0 Å². The molecule has 0 bridgehead atoms. The topological polar surface area (TPSA) is 57.9 Å². The Morgan fingerprint density at radius 1 is 1.30 bits per heavy atom. The fourth-order valence-electron chi connectivity index (χ4n) is 1.84. The number of nitriles is 1. The van der Waals surface area contributed by atoms with E-state index in [9.17, 15) is 0 Å². The standard InChI is InChI=1S/C16H17N3O/c1-13(15-3-2-9-18-12-15)19-11-14-4-6-16(7-5-14)20-10-8-17/h2-7,9,12-13,19H,10-11H2,1H3. The van der Waals surface area contributed by atoms with E-state index in [1.165, 1.54) is 11.1 Å². The third kappa shape index (κ3) is 4.08. The van der Waals surface area contributed by atoms with E-state index in [4.69, 9.17) is 10.00 Å². The lowest BCUT2D eigenvalue weighted by Crippen LogP contribution is -2.18. The monoisotopic (exact) mass is 267 g/mol. The number of hydrogen-bond donors (Lipinski definition) is 1. The fraction of sp³-hybridized carbons (Fsp3) is 0.250. The minimum Gasteiger partial charge on any atom is -0.479 e. The van der Waals surface area contributed by atoms with Gasteiger partial charge in [0.25, 0.3) is 0 Å². The lowest BCUT2D eigenvalue weighted by Gasteiger charge is -2.14. The van der Waals surface area contributed by atoms with Crippen molar-refractivity contribution in [1.82, 2.24) is 10.3 Å². The molecule has 1 unspecified atom stereocenters. The van der Waals surface area contributed by atoms with E-state index < -0.39 is 0 Å². The van der Waals surface area contributed by atoms with Crippen LogP contribution in [0.4, 0.5) is 0 Å². The zero-order valence-electron chi connectivity index (χ0n) is 11.4. The molecule has 1 atom stereocenters. The Labute approximate surface area is 119 Å². The van der Waals surface area contributed by atoms with Crippen molar-refractivity contribution in [3.63, 3.8) is 0 Å². The van der Waals surface area contributed by atoms with Crippen LogP contribution in [0.5, 0.6) is 5.75 Å². The molecule has 0 spiro atoms. The molecule has 1 aromatic heterocycles. The average molecular weight is 267 g/mol. The second-order valence-electron chi connectivity index (χ2n) is 4.48. The van der Waals surface area contributed by atoms with E-state index in [1.807, 2.05) is 42.6 Å². The van der Waals surface area contributed by atoms with Crippen molar-refractivity contribution in [3.8, 4) is 11.8 Å². The van der Waals surface area contributed by atoms with Crippen LogP contribution in [0.2, 0.25) is 0 Å². The summed E-state index contributed by atoms with van der Waals surface area (Å²) in [7, 11) is 0. The van der Waals surface area contributed by atoms with Gasteiger partial charge in [-0.1, -0.05) is 18.2 Å². The summed E-state index contributed by atoms with van der Waals surface area (Å²) in [5, 5.41) is 11.9. The van der Waals surface area contributed by atoms with Crippen LogP contribution in [0.25, 0.3) is 0 Å². The molecule has 0 aliphatic carbocycles. The molecule has 4 nitrogen and oxygen atoms in total. The SMILES string of the molecule is CC(NCc1ccc(OCC#N)cc1)c1cccnc1. The van der Waals surface area contributed by atoms with Crippen LogP contribution in [0, 0.1) is 11.3 Å². The zero-order chi connectivity index (χ0) is 14.2. The normalized spacial score (nSPS) is 11.6. The van der Waals surface area contributed by atoms with Crippen LogP contribution in [-0.2, 0) is 6.54 Å². The summed E-state index contributed by atoms with van der Waals surface area (Å²) in [5.74, 6) is 0.718. The maximum Gasteiger partial charge on any atom is 0.174 e. The Balaban J connectivity index is 1.86. The Bertz CT molecular complexity index is 561. The van der Waals surface area contributed by atoms with Gasteiger partial charge in [0.1, 0.15) is 11.8 Å². The van der Waals surface area contributed by atoms with Gasteiger partial charge in [0.15, 0.2) is 6.61 Å². The number of ether oxygens (including phenoxy) is 1. The molecule has 0 amide bonds. The van der Waals surface area contributed by atoms with Crippen molar-refractivity contribution in [1.29, 1.82) is 5.26 Å². The second-order valence-corrected chi connectivity index (χ2v) is 4.48. The van der Waals surface area contributed by atoms with E-state index in [-0.39, 0.29) is 12.6 Å². The maximum atomic E-state index is 8.45. The van der Waals surface area contributed by atoms with Crippen LogP contribution < -0.4 is 10.1 Å². The number of hydrogen-bond acceptors (Lipinski definition) is 4. The molecule has 0 radical (unpaired) electrons. The molecular weight excluding hydrogens is 250 g/mol. The second kappa shape index (κ2) is 7.27.